The second-order valence-electron chi connectivity index (χ2n) is 18.8. The summed E-state index contributed by atoms with van der Waals surface area (Å²) < 4.78 is 57.8. The van der Waals surface area contributed by atoms with Crippen LogP contribution in [0.1, 0.15) is 75.3 Å². The zero-order valence-corrected chi connectivity index (χ0v) is 38.2. The Morgan fingerprint density at radius 3 is 2.34 bits per heavy atom. The zero-order chi connectivity index (χ0) is 47.1. The van der Waals surface area contributed by atoms with E-state index >= 15 is 4.79 Å². The summed E-state index contributed by atoms with van der Waals surface area (Å²) in [6.45, 7) is 8.63. The van der Waals surface area contributed by atoms with E-state index in [1.807, 2.05) is 50.3 Å². The number of carbonyl (C=O) groups excluding carboxylic acids is 4. The average molecular weight is 923 g/mol. The summed E-state index contributed by atoms with van der Waals surface area (Å²) in [5.41, 5.74) is -2.88. The van der Waals surface area contributed by atoms with Gasteiger partial charge in [-0.1, -0.05) is 38.1 Å². The highest BCUT2D eigenvalue weighted by Crippen LogP contribution is 2.65. The number of para-hydroxylation sites is 1. The second-order valence-corrected chi connectivity index (χ2v) is 19.6. The Morgan fingerprint density at radius 2 is 1.71 bits per heavy atom. The van der Waals surface area contributed by atoms with Gasteiger partial charge in [-0.05, 0) is 55.0 Å². The molecule has 11 atom stereocenters. The summed E-state index contributed by atoms with van der Waals surface area (Å²) in [6, 6.07) is 10.2. The topological polar surface area (TPSA) is 254 Å². The predicted molar refractivity (Wildman–Crippen MR) is 229 cm³/mol. The van der Waals surface area contributed by atoms with Crippen molar-refractivity contribution < 1.29 is 75.7 Å². The number of hydrogen-bond acceptors (Lipinski definition) is 14. The van der Waals surface area contributed by atoms with Gasteiger partial charge in [0.2, 0.25) is 12.0 Å². The molecule has 3 aromatic rings. The van der Waals surface area contributed by atoms with Gasteiger partial charge in [0, 0.05) is 64.3 Å². The summed E-state index contributed by atoms with van der Waals surface area (Å²) in [7, 11) is -1.05. The molecule has 5 N–H and O–H groups in total. The molecule has 352 valence electrons. The lowest BCUT2D eigenvalue weighted by Crippen LogP contribution is -3.18. The second kappa shape index (κ2) is 16.5. The van der Waals surface area contributed by atoms with Gasteiger partial charge in [-0.3, -0.25) is 22.8 Å². The van der Waals surface area contributed by atoms with Crippen molar-refractivity contribution in [3.63, 3.8) is 0 Å². The van der Waals surface area contributed by atoms with Crippen LogP contribution in [0.25, 0.3) is 10.9 Å². The molecule has 2 saturated heterocycles. The van der Waals surface area contributed by atoms with Gasteiger partial charge in [0.1, 0.15) is 29.4 Å². The molecular weight excluding hydrogens is 865 g/mol. The van der Waals surface area contributed by atoms with E-state index in [4.69, 9.17) is 36.5 Å². The number of amides is 1. The van der Waals surface area contributed by atoms with E-state index in [0.717, 1.165) is 29.6 Å². The number of H-pyrrole nitrogens is 1. The van der Waals surface area contributed by atoms with Crippen LogP contribution in [0.5, 0.6) is 5.75 Å². The molecule has 65 heavy (non-hydrogen) atoms. The van der Waals surface area contributed by atoms with Crippen LogP contribution in [-0.4, -0.2) is 140 Å². The zero-order valence-electron chi connectivity index (χ0n) is 37.4. The number of benzene rings is 2. The molecule has 1 aromatic heterocycles. The lowest BCUT2D eigenvalue weighted by atomic mass is 9.47. The van der Waals surface area contributed by atoms with E-state index in [0.29, 0.717) is 86.4 Å². The third-order valence-electron chi connectivity index (χ3n) is 15.9. The maximum Gasteiger partial charge on any atom is 0.344 e. The number of fused-ring (bicyclic) bond motifs is 6. The number of aromatic nitrogens is 1. The Balaban J connectivity index is 0.00000109. The van der Waals surface area contributed by atoms with E-state index in [-0.39, 0.29) is 18.4 Å². The SMILES string of the molecule is CC[C@]1(O)CC2C[NH+](CCc3c([nH]c4ccccc34)[C@@](C(=O)OC)(c3cc4c(cc3OC)N(C=O)C3C45CC[NH+]4CC=C[C@@](CC)(C(OC(C)=O)[C@]3(O)C(=O)OC)[C@H]45)C2)C1.O=S(=O)([O-])[O-]. The van der Waals surface area contributed by atoms with Crippen LogP contribution in [0, 0.1) is 11.3 Å². The van der Waals surface area contributed by atoms with Crippen molar-refractivity contribution in [2.24, 2.45) is 11.3 Å². The van der Waals surface area contributed by atoms with Crippen LogP contribution in [0.15, 0.2) is 48.6 Å². The molecule has 6 aliphatic rings. The number of quaternary nitrogens is 2. The summed E-state index contributed by atoms with van der Waals surface area (Å²) in [5, 5.41) is 26.3. The molecule has 2 bridgehead atoms. The minimum atomic E-state index is -5.17. The molecule has 19 heteroatoms. The first-order valence-corrected chi connectivity index (χ1v) is 23.5. The van der Waals surface area contributed by atoms with E-state index in [1.54, 1.807) is 6.07 Å². The standard InChI is InChI=1S/C46H56N4O10.H2O4S/c1-7-42(55)22-28-23-45(40(53)58-5,36-30(14-18-48(24-28)25-42)29-12-9-10-13-33(29)47-36)32-20-31-34(21-35(32)57-4)50(26-51)38-44(31)16-19-49-17-11-15-43(8-2,37(44)49)39(60-27(3)52)46(38,56)41(54)59-6;1-5(2,3)4/h9-13,15,20-21,26,28,37-39,47,55-56H,7-8,14,16-19,22-25H2,1-6H3;(H2,1,2,3,4)/t28?,37-,38?,39?,42-,43+,44?,45-,46-;/m0./s1. The summed E-state index contributed by atoms with van der Waals surface area (Å²) in [5.74, 6) is -1.97. The van der Waals surface area contributed by atoms with E-state index in [9.17, 15) is 24.6 Å². The monoisotopic (exact) mass is 922 g/mol. The molecule has 18 nitrogen and oxygen atoms in total. The van der Waals surface area contributed by atoms with Gasteiger partial charge >= 0.3 is 17.9 Å². The van der Waals surface area contributed by atoms with E-state index in [1.165, 1.54) is 43.0 Å². The largest absolute Gasteiger partial charge is 0.759 e. The normalized spacial score (nSPS) is 35.4. The minimum absolute atomic E-state index is 0.114. The van der Waals surface area contributed by atoms with E-state index in [2.05, 4.69) is 11.1 Å². The molecule has 5 aliphatic heterocycles. The number of aromatic amines is 1. The van der Waals surface area contributed by atoms with Crippen LogP contribution >= 0.6 is 0 Å². The number of rotatable bonds is 8. The minimum Gasteiger partial charge on any atom is -0.759 e. The molecular formula is C46H58N4O14S. The molecule has 0 radical (unpaired) electrons. The summed E-state index contributed by atoms with van der Waals surface area (Å²) in [6.07, 6.45) is 6.11. The van der Waals surface area contributed by atoms with Crippen LogP contribution in [0.2, 0.25) is 0 Å². The summed E-state index contributed by atoms with van der Waals surface area (Å²) >= 11 is 0. The number of hydrogen-bond donors (Lipinski definition) is 5. The quantitative estimate of drug-likeness (QED) is 0.0470. The maximum absolute atomic E-state index is 15.3. The fraction of sp³-hybridized carbons (Fsp3) is 0.565. The molecule has 1 aliphatic carbocycles. The molecule has 1 saturated carbocycles. The highest BCUT2D eigenvalue weighted by Gasteiger charge is 2.83. The van der Waals surface area contributed by atoms with Gasteiger partial charge in [0.15, 0.2) is 6.10 Å². The van der Waals surface area contributed by atoms with Gasteiger partial charge in [-0.2, -0.15) is 0 Å². The number of aliphatic hydroxyl groups is 2. The van der Waals surface area contributed by atoms with Crippen molar-refractivity contribution in [1.29, 1.82) is 0 Å². The Bertz CT molecular complexity index is 2560. The third kappa shape index (κ3) is 6.90. The average Bonchev–Trinajstić information content (AvgIpc) is 3.95. The van der Waals surface area contributed by atoms with Crippen LogP contribution in [-0.2, 0) is 61.0 Å². The first kappa shape index (κ1) is 46.6. The van der Waals surface area contributed by atoms with E-state index < -0.39 is 67.9 Å². The number of ether oxygens (including phenoxy) is 4. The van der Waals surface area contributed by atoms with Crippen molar-refractivity contribution >= 4 is 51.3 Å². The highest BCUT2D eigenvalue weighted by atomic mass is 32.3. The fourth-order valence-electron chi connectivity index (χ4n) is 13.8. The van der Waals surface area contributed by atoms with Gasteiger partial charge in [-0.25, -0.2) is 4.79 Å². The molecule has 1 spiro atoms. The molecule has 2 aromatic carbocycles. The van der Waals surface area contributed by atoms with Crippen molar-refractivity contribution in [1.82, 2.24) is 4.98 Å². The molecule has 1 amide bonds. The lowest BCUT2D eigenvalue weighted by molar-refractivity contribution is -0.920. The molecule has 3 fully saturated rings. The number of carbonyl (C=O) groups is 4. The molecule has 6 unspecified atom stereocenters. The van der Waals surface area contributed by atoms with Crippen LogP contribution in [0.3, 0.4) is 0 Å². The highest BCUT2D eigenvalue weighted by molar-refractivity contribution is 7.79. The first-order valence-electron chi connectivity index (χ1n) is 22.1. The van der Waals surface area contributed by atoms with Gasteiger partial charge in [0.05, 0.1) is 70.1 Å². The number of anilines is 1. The first-order chi connectivity index (χ1) is 30.8. The number of nitrogens with one attached hydrogen (secondary N) is 3. The Kier molecular flexibility index (Phi) is 11.8. The van der Waals surface area contributed by atoms with Gasteiger partial charge in [-0.15, -0.1) is 0 Å². The van der Waals surface area contributed by atoms with Gasteiger partial charge < -0.3 is 57.9 Å². The summed E-state index contributed by atoms with van der Waals surface area (Å²) in [4.78, 5) is 64.1. The van der Waals surface area contributed by atoms with Crippen molar-refractivity contribution in [3.8, 4) is 5.75 Å². The van der Waals surface area contributed by atoms with Gasteiger partial charge in [0.25, 0.3) is 0 Å². The fourth-order valence-corrected chi connectivity index (χ4v) is 13.8. The Hall–Kier alpha value is -4.89. The smallest absolute Gasteiger partial charge is 0.344 e. The van der Waals surface area contributed by atoms with Crippen LogP contribution in [0.4, 0.5) is 5.69 Å². The number of methoxy groups -OCH3 is 3. The maximum atomic E-state index is 15.3. The Morgan fingerprint density at radius 1 is 1.00 bits per heavy atom. The molecule has 6 heterocycles. The Labute approximate surface area is 377 Å². The third-order valence-corrected chi connectivity index (χ3v) is 15.9. The van der Waals surface area contributed by atoms with Crippen molar-refractivity contribution in [3.05, 3.63) is 70.9 Å². The lowest BCUT2D eigenvalue weighted by Gasteiger charge is -2.61. The number of piperidine rings is 1. The molecule has 9 rings (SSSR count). The van der Waals surface area contributed by atoms with Crippen LogP contribution < -0.4 is 19.4 Å². The number of nitrogens with zero attached hydrogens (tertiary/aromatic N) is 1. The predicted octanol–water partition coefficient (Wildman–Crippen LogP) is -0.655. The van der Waals surface area contributed by atoms with Crippen molar-refractivity contribution in [2.45, 2.75) is 99.5 Å². The van der Waals surface area contributed by atoms with Crippen molar-refractivity contribution in [2.75, 3.05) is 59.0 Å². The number of esters is 3.